The van der Waals surface area contributed by atoms with Crippen LogP contribution < -0.4 is 16.6 Å². The minimum atomic E-state index is -1.53. The Labute approximate surface area is 175 Å². The van der Waals surface area contributed by atoms with Crippen molar-refractivity contribution >= 4 is 16.7 Å². The molecule has 1 amide bonds. The number of aromatic nitrogens is 2. The number of hydrogen-bond acceptors (Lipinski definition) is 7. The third-order valence-electron chi connectivity index (χ3n) is 5.32. The molecule has 0 aliphatic carbocycles. The summed E-state index contributed by atoms with van der Waals surface area (Å²) in [6, 6.07) is 13.3. The van der Waals surface area contributed by atoms with Gasteiger partial charge in [0.25, 0.3) is 11.5 Å². The zero-order valence-corrected chi connectivity index (χ0v) is 16.3. The van der Waals surface area contributed by atoms with Gasteiger partial charge in [-0.15, -0.1) is 0 Å². The zero-order valence-electron chi connectivity index (χ0n) is 16.3. The van der Waals surface area contributed by atoms with Crippen LogP contribution in [0.25, 0.3) is 10.8 Å². The Hall–Kier alpha value is -3.31. The number of carbonyl (C=O) groups is 1. The normalized spacial score (nSPS) is 23.2. The lowest BCUT2D eigenvalue weighted by Crippen LogP contribution is -2.41. The molecule has 1 aliphatic heterocycles. The summed E-state index contributed by atoms with van der Waals surface area (Å²) < 4.78 is 6.13. The number of fused-ring (bicyclic) bond motifs is 1. The Balaban J connectivity index is 1.59. The quantitative estimate of drug-likeness (QED) is 0.358. The van der Waals surface area contributed by atoms with Crippen molar-refractivity contribution in [2.75, 3.05) is 6.61 Å². The van der Waals surface area contributed by atoms with Crippen LogP contribution in [-0.2, 0) is 11.3 Å². The van der Waals surface area contributed by atoms with Crippen molar-refractivity contribution in [3.8, 4) is 0 Å². The molecule has 0 unspecified atom stereocenters. The lowest BCUT2D eigenvalue weighted by molar-refractivity contribution is -0.0551. The molecule has 4 rings (SSSR count). The number of aliphatic hydroxyl groups excluding tert-OH is 3. The molecule has 1 fully saturated rings. The van der Waals surface area contributed by atoms with Crippen molar-refractivity contribution in [2.45, 2.75) is 31.1 Å². The third kappa shape index (κ3) is 3.89. The fraction of sp³-hybridized carbons (Fsp3) is 0.286. The van der Waals surface area contributed by atoms with Crippen LogP contribution in [0.2, 0.25) is 0 Å². The van der Waals surface area contributed by atoms with Crippen LogP contribution >= 0.6 is 0 Å². The van der Waals surface area contributed by atoms with E-state index in [1.807, 2.05) is 47.4 Å². The van der Waals surface area contributed by atoms with Gasteiger partial charge in [-0.25, -0.2) is 4.79 Å². The minimum absolute atomic E-state index is 0.145. The first-order valence-electron chi connectivity index (χ1n) is 9.63. The second kappa shape index (κ2) is 8.44. The van der Waals surface area contributed by atoms with Gasteiger partial charge in [0.2, 0.25) is 0 Å². The summed E-state index contributed by atoms with van der Waals surface area (Å²) in [7, 11) is 0. The van der Waals surface area contributed by atoms with E-state index >= 15 is 0 Å². The maximum absolute atomic E-state index is 12.7. The van der Waals surface area contributed by atoms with Gasteiger partial charge in [0.15, 0.2) is 6.23 Å². The van der Waals surface area contributed by atoms with Gasteiger partial charge < -0.3 is 25.4 Å². The van der Waals surface area contributed by atoms with Crippen molar-refractivity contribution in [1.29, 1.82) is 0 Å². The number of aromatic amines is 1. The highest BCUT2D eigenvalue weighted by Gasteiger charge is 2.44. The van der Waals surface area contributed by atoms with Gasteiger partial charge in [-0.2, -0.15) is 0 Å². The molecule has 1 saturated heterocycles. The molecule has 10 nitrogen and oxygen atoms in total. The number of nitrogens with zero attached hydrogens (tertiary/aromatic N) is 1. The summed E-state index contributed by atoms with van der Waals surface area (Å²) in [6.07, 6.45) is -4.48. The maximum Gasteiger partial charge on any atom is 0.330 e. The molecule has 0 spiro atoms. The van der Waals surface area contributed by atoms with Gasteiger partial charge in [0.1, 0.15) is 23.9 Å². The Kier molecular flexibility index (Phi) is 5.70. The number of rotatable bonds is 5. The van der Waals surface area contributed by atoms with Gasteiger partial charge >= 0.3 is 5.69 Å². The molecule has 2 heterocycles. The Morgan fingerprint density at radius 3 is 2.58 bits per heavy atom. The SMILES string of the molecule is O=C(NCc1cccc2ccccc12)c1cn([C@@H]2O[C@H](CO)[C@@H](O)[C@H]2O)c(=O)[nH]c1=O. The Bertz CT molecular complexity index is 1230. The largest absolute Gasteiger partial charge is 0.394 e. The van der Waals surface area contributed by atoms with Crippen LogP contribution in [0.3, 0.4) is 0 Å². The average Bonchev–Trinajstić information content (AvgIpc) is 3.06. The van der Waals surface area contributed by atoms with Crippen molar-refractivity contribution in [1.82, 2.24) is 14.9 Å². The van der Waals surface area contributed by atoms with E-state index in [9.17, 15) is 29.7 Å². The molecule has 0 saturated carbocycles. The third-order valence-corrected chi connectivity index (χ3v) is 5.32. The highest BCUT2D eigenvalue weighted by Crippen LogP contribution is 2.28. The Morgan fingerprint density at radius 2 is 1.84 bits per heavy atom. The molecule has 4 atom stereocenters. The topological polar surface area (TPSA) is 154 Å². The van der Waals surface area contributed by atoms with Gasteiger partial charge in [-0.1, -0.05) is 42.5 Å². The van der Waals surface area contributed by atoms with Crippen LogP contribution in [0.5, 0.6) is 0 Å². The number of ether oxygens (including phenoxy) is 1. The summed E-state index contributed by atoms with van der Waals surface area (Å²) in [6.45, 7) is -0.433. The average molecular weight is 427 g/mol. The molecule has 1 aliphatic rings. The summed E-state index contributed by atoms with van der Waals surface area (Å²) in [5.74, 6) is -0.727. The van der Waals surface area contributed by atoms with E-state index in [1.165, 1.54) is 0 Å². The molecular formula is C21H21N3O7. The first kappa shape index (κ1) is 20.9. The van der Waals surface area contributed by atoms with E-state index in [2.05, 4.69) is 5.32 Å². The molecule has 5 N–H and O–H groups in total. The van der Waals surface area contributed by atoms with Crippen LogP contribution in [0.1, 0.15) is 22.1 Å². The first-order chi connectivity index (χ1) is 14.9. The molecule has 2 aromatic carbocycles. The van der Waals surface area contributed by atoms with Crippen LogP contribution in [0.4, 0.5) is 0 Å². The predicted molar refractivity (Wildman–Crippen MR) is 109 cm³/mol. The predicted octanol–water partition coefficient (Wildman–Crippen LogP) is -0.769. The van der Waals surface area contributed by atoms with Gasteiger partial charge in [0, 0.05) is 12.7 Å². The molecule has 0 radical (unpaired) electrons. The van der Waals surface area contributed by atoms with E-state index in [0.717, 1.165) is 27.1 Å². The monoisotopic (exact) mass is 427 g/mol. The van der Waals surface area contributed by atoms with Crippen LogP contribution in [0, 0.1) is 0 Å². The van der Waals surface area contributed by atoms with E-state index in [-0.39, 0.29) is 12.1 Å². The molecular weight excluding hydrogens is 406 g/mol. The molecule has 1 aromatic heterocycles. The second-order valence-electron chi connectivity index (χ2n) is 7.26. The Morgan fingerprint density at radius 1 is 1.10 bits per heavy atom. The minimum Gasteiger partial charge on any atom is -0.394 e. The number of hydrogen-bond donors (Lipinski definition) is 5. The maximum atomic E-state index is 12.7. The van der Waals surface area contributed by atoms with Gasteiger partial charge in [-0.05, 0) is 16.3 Å². The highest BCUT2D eigenvalue weighted by atomic mass is 16.6. The molecule has 0 bridgehead atoms. The van der Waals surface area contributed by atoms with Crippen LogP contribution in [-0.4, -0.2) is 55.7 Å². The second-order valence-corrected chi connectivity index (χ2v) is 7.26. The molecule has 3 aromatic rings. The van der Waals surface area contributed by atoms with Crippen molar-refractivity contribution in [3.05, 3.63) is 80.6 Å². The fourth-order valence-corrected chi connectivity index (χ4v) is 3.66. The zero-order chi connectivity index (χ0) is 22.1. The van der Waals surface area contributed by atoms with Crippen LogP contribution in [0.15, 0.2) is 58.3 Å². The highest BCUT2D eigenvalue weighted by molar-refractivity contribution is 5.94. The number of nitrogens with one attached hydrogen (secondary N) is 2. The van der Waals surface area contributed by atoms with Crippen molar-refractivity contribution < 1.29 is 24.9 Å². The number of H-pyrrole nitrogens is 1. The first-order valence-corrected chi connectivity index (χ1v) is 9.63. The number of benzene rings is 2. The van der Waals surface area contributed by atoms with E-state index < -0.39 is 48.3 Å². The summed E-state index contributed by atoms with van der Waals surface area (Å²) in [5.41, 5.74) is -1.34. The summed E-state index contributed by atoms with van der Waals surface area (Å²) >= 11 is 0. The lowest BCUT2D eigenvalue weighted by Gasteiger charge is -2.18. The fourth-order valence-electron chi connectivity index (χ4n) is 3.66. The number of aliphatic hydroxyl groups is 3. The number of carbonyl (C=O) groups excluding carboxylic acids is 1. The lowest BCUT2D eigenvalue weighted by atomic mass is 10.0. The van der Waals surface area contributed by atoms with Crippen molar-refractivity contribution in [3.63, 3.8) is 0 Å². The van der Waals surface area contributed by atoms with E-state index in [4.69, 9.17) is 4.74 Å². The number of amides is 1. The van der Waals surface area contributed by atoms with Gasteiger partial charge in [0.05, 0.1) is 6.61 Å². The summed E-state index contributed by atoms with van der Waals surface area (Å²) in [5, 5.41) is 33.9. The smallest absolute Gasteiger partial charge is 0.330 e. The van der Waals surface area contributed by atoms with Crippen molar-refractivity contribution in [2.24, 2.45) is 0 Å². The van der Waals surface area contributed by atoms with E-state index in [1.54, 1.807) is 0 Å². The molecule has 10 heteroatoms. The molecule has 162 valence electrons. The van der Waals surface area contributed by atoms with Gasteiger partial charge in [-0.3, -0.25) is 19.1 Å². The summed E-state index contributed by atoms with van der Waals surface area (Å²) in [4.78, 5) is 39.1. The standard InChI is InChI=1S/C21H21N3O7/c25-10-15-16(26)17(27)20(31-15)24-9-14(19(29)23-21(24)30)18(28)22-8-12-6-3-5-11-4-1-2-7-13(11)12/h1-7,9,15-17,20,25-27H,8,10H2,(H,22,28)(H,23,29,30)/t15-,16-,17-,20-/m1/s1. The molecule has 31 heavy (non-hydrogen) atoms. The van der Waals surface area contributed by atoms with E-state index in [0.29, 0.717) is 0 Å².